The molecule has 18 heavy (non-hydrogen) atoms. The van der Waals surface area contributed by atoms with Crippen LogP contribution in [0.25, 0.3) is 0 Å². The number of rotatable bonds is 3. The smallest absolute Gasteiger partial charge is 0.225 e. The normalized spacial score (nSPS) is 11.4. The Balaban J connectivity index is 2.38. The van der Waals surface area contributed by atoms with E-state index in [2.05, 4.69) is 22.6 Å². The van der Waals surface area contributed by atoms with Crippen LogP contribution in [0.2, 0.25) is 0 Å². The number of sulfonamides is 1. The zero-order chi connectivity index (χ0) is 13.2. The van der Waals surface area contributed by atoms with Crippen molar-refractivity contribution in [1.29, 1.82) is 0 Å². The Morgan fingerprint density at radius 2 is 1.61 bits per heavy atom. The number of hydrogen-bond donors (Lipinski definition) is 1. The Labute approximate surface area is 120 Å². The van der Waals surface area contributed by atoms with Crippen LogP contribution in [0.5, 0.6) is 0 Å². The van der Waals surface area contributed by atoms with Gasteiger partial charge in [-0.1, -0.05) is 30.3 Å². The first kappa shape index (κ1) is 13.5. The quantitative estimate of drug-likeness (QED) is 0.841. The molecule has 0 aliphatic carbocycles. The lowest BCUT2D eigenvalue weighted by atomic mass is 10.1. The van der Waals surface area contributed by atoms with Gasteiger partial charge in [-0.25, -0.2) is 13.6 Å². The fraction of sp³-hybridized carbons (Fsp3) is 0.0769. The molecule has 0 atom stereocenters. The number of primary sulfonamides is 1. The maximum absolute atomic E-state index is 11.5. The second kappa shape index (κ2) is 5.38. The Kier molecular flexibility index (Phi) is 4.04. The van der Waals surface area contributed by atoms with Crippen LogP contribution < -0.4 is 5.14 Å². The summed E-state index contributed by atoms with van der Waals surface area (Å²) in [5.41, 5.74) is 1.78. The van der Waals surface area contributed by atoms with E-state index in [1.807, 2.05) is 30.3 Å². The summed E-state index contributed by atoms with van der Waals surface area (Å²) in [5.74, 6) is 0. The van der Waals surface area contributed by atoms with Gasteiger partial charge in [0.15, 0.2) is 0 Å². The van der Waals surface area contributed by atoms with E-state index >= 15 is 0 Å². The first-order chi connectivity index (χ1) is 8.47. The highest BCUT2D eigenvalue weighted by Crippen LogP contribution is 2.18. The molecule has 0 saturated carbocycles. The standard InChI is InChI=1S/C13H12INO2S/c14-12-7-5-10(6-8-12)9-11-3-1-2-4-13(11)18(15,16)17/h1-8H,9H2,(H2,15,16,17). The van der Waals surface area contributed by atoms with Gasteiger partial charge in [0.05, 0.1) is 4.90 Å². The van der Waals surface area contributed by atoms with Crippen molar-refractivity contribution in [3.63, 3.8) is 0 Å². The summed E-state index contributed by atoms with van der Waals surface area (Å²) < 4.78 is 24.1. The fourth-order valence-electron chi connectivity index (χ4n) is 1.75. The molecule has 0 aromatic heterocycles. The van der Waals surface area contributed by atoms with Crippen molar-refractivity contribution >= 4 is 32.6 Å². The molecule has 0 spiro atoms. The average Bonchev–Trinajstić information content (AvgIpc) is 2.31. The van der Waals surface area contributed by atoms with E-state index < -0.39 is 10.0 Å². The maximum Gasteiger partial charge on any atom is 0.238 e. The van der Waals surface area contributed by atoms with Crippen LogP contribution in [-0.2, 0) is 16.4 Å². The summed E-state index contributed by atoms with van der Waals surface area (Å²) in [7, 11) is -3.66. The molecular weight excluding hydrogens is 361 g/mol. The molecular formula is C13H12INO2S. The van der Waals surface area contributed by atoms with Crippen LogP contribution in [0.1, 0.15) is 11.1 Å². The third-order valence-electron chi connectivity index (χ3n) is 2.59. The molecule has 0 amide bonds. The number of benzene rings is 2. The third kappa shape index (κ3) is 3.30. The molecule has 94 valence electrons. The van der Waals surface area contributed by atoms with Gasteiger partial charge in [0.1, 0.15) is 0 Å². The van der Waals surface area contributed by atoms with Crippen LogP contribution >= 0.6 is 22.6 Å². The molecule has 2 aromatic carbocycles. The highest BCUT2D eigenvalue weighted by atomic mass is 127. The SMILES string of the molecule is NS(=O)(=O)c1ccccc1Cc1ccc(I)cc1. The molecule has 0 heterocycles. The maximum atomic E-state index is 11.5. The second-order valence-corrected chi connectivity index (χ2v) is 6.73. The molecule has 3 nitrogen and oxygen atoms in total. The van der Waals surface area contributed by atoms with Gasteiger partial charge in [-0.05, 0) is 58.3 Å². The molecule has 5 heteroatoms. The Morgan fingerprint density at radius 3 is 2.22 bits per heavy atom. The van der Waals surface area contributed by atoms with Gasteiger partial charge < -0.3 is 0 Å². The largest absolute Gasteiger partial charge is 0.238 e. The summed E-state index contributed by atoms with van der Waals surface area (Å²) in [6.07, 6.45) is 0.559. The van der Waals surface area contributed by atoms with Crippen LogP contribution in [0.4, 0.5) is 0 Å². The molecule has 2 rings (SSSR count). The topological polar surface area (TPSA) is 60.2 Å². The highest BCUT2D eigenvalue weighted by Gasteiger charge is 2.12. The zero-order valence-corrected chi connectivity index (χ0v) is 12.5. The summed E-state index contributed by atoms with van der Waals surface area (Å²) in [6, 6.07) is 14.8. The predicted octanol–water partition coefficient (Wildman–Crippen LogP) is 2.53. The molecule has 0 bridgehead atoms. The first-order valence-electron chi connectivity index (χ1n) is 5.32. The lowest BCUT2D eigenvalue weighted by Gasteiger charge is -2.07. The number of nitrogens with two attached hydrogens (primary N) is 1. The van der Waals surface area contributed by atoms with Gasteiger partial charge in [-0.3, -0.25) is 0 Å². The molecule has 2 aromatic rings. The van der Waals surface area contributed by atoms with Crippen molar-refractivity contribution < 1.29 is 8.42 Å². The molecule has 0 fully saturated rings. The Hall–Kier alpha value is -0.920. The van der Waals surface area contributed by atoms with Crippen molar-refractivity contribution in [1.82, 2.24) is 0 Å². The van der Waals surface area contributed by atoms with Gasteiger partial charge in [-0.15, -0.1) is 0 Å². The number of hydrogen-bond acceptors (Lipinski definition) is 2. The van der Waals surface area contributed by atoms with Crippen molar-refractivity contribution in [2.75, 3.05) is 0 Å². The predicted molar refractivity (Wildman–Crippen MR) is 79.8 cm³/mol. The van der Waals surface area contributed by atoms with E-state index in [0.717, 1.165) is 14.7 Å². The van der Waals surface area contributed by atoms with Crippen molar-refractivity contribution in [3.8, 4) is 0 Å². The molecule has 2 N–H and O–H groups in total. The molecule has 0 aliphatic heterocycles. The van der Waals surface area contributed by atoms with E-state index in [4.69, 9.17) is 5.14 Å². The van der Waals surface area contributed by atoms with E-state index in [1.165, 1.54) is 6.07 Å². The number of halogens is 1. The van der Waals surface area contributed by atoms with Crippen LogP contribution in [0.15, 0.2) is 53.4 Å². The summed E-state index contributed by atoms with van der Waals surface area (Å²) in [6.45, 7) is 0. The van der Waals surface area contributed by atoms with E-state index in [9.17, 15) is 8.42 Å². The van der Waals surface area contributed by atoms with Gasteiger partial charge >= 0.3 is 0 Å². The summed E-state index contributed by atoms with van der Waals surface area (Å²) in [5, 5.41) is 5.21. The average molecular weight is 373 g/mol. The first-order valence-corrected chi connectivity index (χ1v) is 7.94. The van der Waals surface area contributed by atoms with Gasteiger partial charge in [-0.2, -0.15) is 0 Å². The lowest BCUT2D eigenvalue weighted by molar-refractivity contribution is 0.597. The minimum atomic E-state index is -3.66. The van der Waals surface area contributed by atoms with Crippen LogP contribution in [0, 0.1) is 3.57 Å². The molecule has 0 unspecified atom stereocenters. The van der Waals surface area contributed by atoms with Crippen molar-refractivity contribution in [2.45, 2.75) is 11.3 Å². The van der Waals surface area contributed by atoms with Crippen LogP contribution in [0.3, 0.4) is 0 Å². The molecule has 0 aliphatic rings. The van der Waals surface area contributed by atoms with Crippen molar-refractivity contribution in [3.05, 3.63) is 63.2 Å². The third-order valence-corrected chi connectivity index (χ3v) is 4.32. The van der Waals surface area contributed by atoms with Gasteiger partial charge in [0, 0.05) is 3.57 Å². The van der Waals surface area contributed by atoms with Gasteiger partial charge in [0.25, 0.3) is 0 Å². The van der Waals surface area contributed by atoms with E-state index in [0.29, 0.717) is 6.42 Å². The molecule has 0 saturated heterocycles. The highest BCUT2D eigenvalue weighted by molar-refractivity contribution is 14.1. The summed E-state index contributed by atoms with van der Waals surface area (Å²) >= 11 is 2.23. The zero-order valence-electron chi connectivity index (χ0n) is 9.51. The van der Waals surface area contributed by atoms with Crippen LogP contribution in [-0.4, -0.2) is 8.42 Å². The summed E-state index contributed by atoms with van der Waals surface area (Å²) in [4.78, 5) is 0.198. The van der Waals surface area contributed by atoms with Crippen molar-refractivity contribution in [2.24, 2.45) is 5.14 Å². The second-order valence-electron chi connectivity index (χ2n) is 3.96. The minimum Gasteiger partial charge on any atom is -0.225 e. The molecule has 0 radical (unpaired) electrons. The lowest BCUT2D eigenvalue weighted by Crippen LogP contribution is -2.14. The minimum absolute atomic E-state index is 0.198. The fourth-order valence-corrected chi connectivity index (χ4v) is 2.88. The van der Waals surface area contributed by atoms with E-state index in [1.54, 1.807) is 12.1 Å². The Bertz CT molecular complexity index is 651. The van der Waals surface area contributed by atoms with E-state index in [-0.39, 0.29) is 4.90 Å². The Morgan fingerprint density at radius 1 is 1.00 bits per heavy atom. The van der Waals surface area contributed by atoms with Gasteiger partial charge in [0.2, 0.25) is 10.0 Å². The monoisotopic (exact) mass is 373 g/mol.